The Kier molecular flexibility index (Phi) is 5.31. The van der Waals surface area contributed by atoms with Gasteiger partial charge < -0.3 is 15.7 Å². The third-order valence-electron chi connectivity index (χ3n) is 2.52. The molecule has 0 saturated carbocycles. The maximum Gasteiger partial charge on any atom is 0.416 e. The van der Waals surface area contributed by atoms with Crippen LogP contribution in [0.5, 0.6) is 0 Å². The average Bonchev–Trinajstić information content (AvgIpc) is 2.34. The Morgan fingerprint density at radius 1 is 1.29 bits per heavy atom. The predicted molar refractivity (Wildman–Crippen MR) is 70.2 cm³/mol. The minimum Gasteiger partial charge on any atom is -0.478 e. The number of anilines is 1. The number of carbonyl (C=O) groups is 2. The molecule has 0 fully saturated rings. The summed E-state index contributed by atoms with van der Waals surface area (Å²) < 4.78 is 37.9. The highest BCUT2D eigenvalue weighted by Crippen LogP contribution is 2.32. The lowest BCUT2D eigenvalue weighted by atomic mass is 10.1. The lowest BCUT2D eigenvalue weighted by Gasteiger charge is -2.13. The van der Waals surface area contributed by atoms with Crippen molar-refractivity contribution in [2.75, 3.05) is 11.9 Å². The largest absolute Gasteiger partial charge is 0.478 e. The van der Waals surface area contributed by atoms with Crippen molar-refractivity contribution >= 4 is 17.6 Å². The molecule has 0 aliphatic heterocycles. The first-order valence-electron chi connectivity index (χ1n) is 6.09. The van der Waals surface area contributed by atoms with Crippen LogP contribution in [0.1, 0.15) is 29.8 Å². The third kappa shape index (κ3) is 5.07. The van der Waals surface area contributed by atoms with E-state index in [1.807, 2.05) is 0 Å². The molecule has 21 heavy (non-hydrogen) atoms. The van der Waals surface area contributed by atoms with E-state index in [1.165, 1.54) is 0 Å². The normalized spacial score (nSPS) is 11.5. The van der Waals surface area contributed by atoms with Gasteiger partial charge in [0.15, 0.2) is 0 Å². The van der Waals surface area contributed by atoms with Gasteiger partial charge in [-0.1, -0.05) is 13.8 Å². The Morgan fingerprint density at radius 3 is 2.38 bits per heavy atom. The minimum absolute atomic E-state index is 0.0104. The maximum absolute atomic E-state index is 12.6. The number of benzene rings is 1. The van der Waals surface area contributed by atoms with Gasteiger partial charge in [0.05, 0.1) is 23.4 Å². The second-order valence-corrected chi connectivity index (χ2v) is 4.65. The Morgan fingerprint density at radius 2 is 1.90 bits per heavy atom. The molecule has 0 spiro atoms. The number of hydrogen-bond acceptors (Lipinski definition) is 3. The molecule has 0 atom stereocenters. The van der Waals surface area contributed by atoms with Crippen molar-refractivity contribution in [1.82, 2.24) is 5.32 Å². The van der Waals surface area contributed by atoms with E-state index in [4.69, 9.17) is 5.11 Å². The average molecular weight is 304 g/mol. The summed E-state index contributed by atoms with van der Waals surface area (Å²) in [5, 5.41) is 13.9. The minimum atomic E-state index is -4.62. The first-order valence-corrected chi connectivity index (χ1v) is 6.09. The van der Waals surface area contributed by atoms with E-state index in [2.05, 4.69) is 10.6 Å². The zero-order valence-electron chi connectivity index (χ0n) is 11.4. The highest BCUT2D eigenvalue weighted by molar-refractivity contribution is 6.01. The van der Waals surface area contributed by atoms with E-state index in [-0.39, 0.29) is 18.3 Å². The summed E-state index contributed by atoms with van der Waals surface area (Å²) in [5.74, 6) is -2.04. The van der Waals surface area contributed by atoms with Gasteiger partial charge in [-0.3, -0.25) is 4.79 Å². The topological polar surface area (TPSA) is 78.4 Å². The molecule has 0 saturated heterocycles. The monoisotopic (exact) mass is 304 g/mol. The third-order valence-corrected chi connectivity index (χ3v) is 2.52. The molecule has 0 radical (unpaired) electrons. The molecule has 1 amide bonds. The zero-order valence-corrected chi connectivity index (χ0v) is 11.4. The molecule has 0 unspecified atom stereocenters. The number of amides is 1. The summed E-state index contributed by atoms with van der Waals surface area (Å²) in [5.41, 5.74) is -1.81. The van der Waals surface area contributed by atoms with Gasteiger partial charge in [0, 0.05) is 6.04 Å². The van der Waals surface area contributed by atoms with Crippen molar-refractivity contribution in [3.8, 4) is 0 Å². The van der Waals surface area contributed by atoms with Crippen LogP contribution in [-0.4, -0.2) is 29.6 Å². The van der Waals surface area contributed by atoms with Gasteiger partial charge in [0.2, 0.25) is 5.91 Å². The Bertz CT molecular complexity index is 542. The summed E-state index contributed by atoms with van der Waals surface area (Å²) in [6.45, 7) is 3.45. The molecule has 3 N–H and O–H groups in total. The number of aromatic carboxylic acids is 1. The molecule has 8 heteroatoms. The van der Waals surface area contributed by atoms with Crippen LogP contribution in [0.4, 0.5) is 18.9 Å². The fourth-order valence-corrected chi connectivity index (χ4v) is 1.50. The molecule has 1 aromatic rings. The lowest BCUT2D eigenvalue weighted by Crippen LogP contribution is -2.33. The maximum atomic E-state index is 12.6. The number of nitrogens with one attached hydrogen (secondary N) is 2. The molecular formula is C13H15F3N2O3. The molecule has 1 aromatic carbocycles. The molecule has 0 aliphatic rings. The summed E-state index contributed by atoms with van der Waals surface area (Å²) in [6, 6.07) is 2.09. The van der Waals surface area contributed by atoms with Gasteiger partial charge in [0.1, 0.15) is 0 Å². The number of alkyl halides is 3. The van der Waals surface area contributed by atoms with Crippen molar-refractivity contribution in [3.63, 3.8) is 0 Å². The van der Waals surface area contributed by atoms with Gasteiger partial charge in [-0.25, -0.2) is 4.79 Å². The van der Waals surface area contributed by atoms with Crippen molar-refractivity contribution in [2.45, 2.75) is 26.1 Å². The molecule has 0 aromatic heterocycles. The second kappa shape index (κ2) is 6.57. The predicted octanol–water partition coefficient (Wildman–Crippen LogP) is 2.34. The Labute approximate surface area is 119 Å². The molecule has 0 bridgehead atoms. The van der Waals surface area contributed by atoms with Crippen molar-refractivity contribution < 1.29 is 27.9 Å². The van der Waals surface area contributed by atoms with Gasteiger partial charge in [0.25, 0.3) is 0 Å². The van der Waals surface area contributed by atoms with E-state index in [0.29, 0.717) is 12.1 Å². The van der Waals surface area contributed by atoms with E-state index >= 15 is 0 Å². The Balaban J connectivity index is 3.01. The first kappa shape index (κ1) is 17.0. The van der Waals surface area contributed by atoms with Crippen LogP contribution in [0.3, 0.4) is 0 Å². The molecule has 116 valence electrons. The van der Waals surface area contributed by atoms with E-state index < -0.39 is 29.2 Å². The molecule has 0 aliphatic carbocycles. The van der Waals surface area contributed by atoms with E-state index in [0.717, 1.165) is 6.07 Å². The smallest absolute Gasteiger partial charge is 0.416 e. The zero-order chi connectivity index (χ0) is 16.2. The number of halogens is 3. The number of hydrogen-bond donors (Lipinski definition) is 3. The lowest BCUT2D eigenvalue weighted by molar-refractivity contribution is -0.137. The van der Waals surface area contributed by atoms with Crippen molar-refractivity contribution in [1.29, 1.82) is 0 Å². The second-order valence-electron chi connectivity index (χ2n) is 4.65. The highest BCUT2D eigenvalue weighted by Gasteiger charge is 2.31. The summed E-state index contributed by atoms with van der Waals surface area (Å²) >= 11 is 0. The number of carboxylic acids is 1. The molecular weight excluding hydrogens is 289 g/mol. The SMILES string of the molecule is CC(C)NCC(=O)Nc1cc(C(F)(F)F)ccc1C(=O)O. The van der Waals surface area contributed by atoms with E-state index in [9.17, 15) is 22.8 Å². The van der Waals surface area contributed by atoms with E-state index in [1.54, 1.807) is 13.8 Å². The molecule has 1 rings (SSSR count). The standard InChI is InChI=1S/C13H15F3N2O3/c1-7(2)17-6-11(19)18-10-5-8(13(14,15)16)3-4-9(10)12(20)21/h3-5,7,17H,6H2,1-2H3,(H,18,19)(H,20,21). The van der Waals surface area contributed by atoms with Crippen molar-refractivity contribution in [3.05, 3.63) is 29.3 Å². The van der Waals surface area contributed by atoms with Gasteiger partial charge >= 0.3 is 12.1 Å². The summed E-state index contributed by atoms with van der Waals surface area (Å²) in [7, 11) is 0. The molecule has 0 heterocycles. The van der Waals surface area contributed by atoms with Crippen LogP contribution in [-0.2, 0) is 11.0 Å². The Hall–Kier alpha value is -2.09. The summed E-state index contributed by atoms with van der Waals surface area (Å²) in [6.07, 6.45) is -4.62. The van der Waals surface area contributed by atoms with Gasteiger partial charge in [-0.2, -0.15) is 13.2 Å². The first-order chi connectivity index (χ1) is 9.61. The van der Waals surface area contributed by atoms with Gasteiger partial charge in [-0.05, 0) is 18.2 Å². The van der Waals surface area contributed by atoms with Crippen molar-refractivity contribution in [2.24, 2.45) is 0 Å². The number of carboxylic acid groups (broad SMARTS) is 1. The van der Waals surface area contributed by atoms with Crippen LogP contribution in [0.2, 0.25) is 0 Å². The fourth-order valence-electron chi connectivity index (χ4n) is 1.50. The van der Waals surface area contributed by atoms with Crippen LogP contribution in [0.15, 0.2) is 18.2 Å². The quantitative estimate of drug-likeness (QED) is 0.780. The van der Waals surface area contributed by atoms with Crippen LogP contribution < -0.4 is 10.6 Å². The number of rotatable bonds is 5. The number of carbonyl (C=O) groups excluding carboxylic acids is 1. The molecule has 5 nitrogen and oxygen atoms in total. The summed E-state index contributed by atoms with van der Waals surface area (Å²) in [4.78, 5) is 22.6. The van der Waals surface area contributed by atoms with Crippen LogP contribution in [0, 0.1) is 0 Å². The van der Waals surface area contributed by atoms with Crippen LogP contribution in [0.25, 0.3) is 0 Å². The van der Waals surface area contributed by atoms with Crippen LogP contribution >= 0.6 is 0 Å². The fraction of sp³-hybridized carbons (Fsp3) is 0.385. The highest BCUT2D eigenvalue weighted by atomic mass is 19.4. The van der Waals surface area contributed by atoms with Gasteiger partial charge in [-0.15, -0.1) is 0 Å².